The number of anilines is 1. The second-order valence-electron chi connectivity index (χ2n) is 6.61. The van der Waals surface area contributed by atoms with E-state index in [-0.39, 0.29) is 0 Å². The van der Waals surface area contributed by atoms with Crippen molar-refractivity contribution in [2.24, 2.45) is 0 Å². The van der Waals surface area contributed by atoms with Crippen LogP contribution in [0.3, 0.4) is 0 Å². The minimum absolute atomic E-state index is 0.596. The first-order valence-corrected chi connectivity index (χ1v) is 9.81. The molecule has 5 heteroatoms. The Labute approximate surface area is 157 Å². The zero-order valence-corrected chi connectivity index (χ0v) is 15.6. The molecule has 1 aliphatic rings. The van der Waals surface area contributed by atoms with Gasteiger partial charge in [0.15, 0.2) is 0 Å². The van der Waals surface area contributed by atoms with Crippen LogP contribution in [0, 0.1) is 18.3 Å². The van der Waals surface area contributed by atoms with Crippen LogP contribution < -0.4 is 4.90 Å². The van der Waals surface area contributed by atoms with Crippen LogP contribution in [0.4, 0.5) is 5.82 Å². The van der Waals surface area contributed by atoms with Gasteiger partial charge in [-0.1, -0.05) is 18.2 Å². The third-order valence-corrected chi connectivity index (χ3v) is 5.65. The van der Waals surface area contributed by atoms with Crippen LogP contribution >= 0.6 is 11.3 Å². The molecule has 130 valence electrons. The lowest BCUT2D eigenvalue weighted by atomic mass is 10.1. The summed E-state index contributed by atoms with van der Waals surface area (Å²) in [6.07, 6.45) is 5.60. The van der Waals surface area contributed by atoms with E-state index in [1.54, 1.807) is 0 Å². The van der Waals surface area contributed by atoms with E-state index in [9.17, 15) is 5.26 Å². The summed E-state index contributed by atoms with van der Waals surface area (Å²) in [4.78, 5) is 11.8. The van der Waals surface area contributed by atoms with E-state index >= 15 is 0 Å². The lowest BCUT2D eigenvalue weighted by molar-refractivity contribution is 0.574. The van der Waals surface area contributed by atoms with Crippen molar-refractivity contribution in [2.45, 2.75) is 26.2 Å². The van der Waals surface area contributed by atoms with Gasteiger partial charge in [0.05, 0.1) is 11.1 Å². The number of thiazole rings is 1. The molecule has 1 saturated heterocycles. The molecule has 1 aliphatic heterocycles. The zero-order valence-electron chi connectivity index (χ0n) is 14.8. The Morgan fingerprint density at radius 1 is 1.19 bits per heavy atom. The third kappa shape index (κ3) is 3.33. The summed E-state index contributed by atoms with van der Waals surface area (Å²) >= 11 is 1.51. The largest absolute Gasteiger partial charge is 0.356 e. The minimum atomic E-state index is 0.596. The number of aryl methyl sites for hydroxylation is 1. The van der Waals surface area contributed by atoms with Crippen molar-refractivity contribution in [1.82, 2.24) is 9.97 Å². The molecule has 0 amide bonds. The Hall–Kier alpha value is -2.71. The zero-order chi connectivity index (χ0) is 17.9. The van der Waals surface area contributed by atoms with E-state index in [2.05, 4.69) is 28.1 Å². The normalized spacial score (nSPS) is 15.2. The highest BCUT2D eigenvalue weighted by Crippen LogP contribution is 2.30. The first-order valence-electron chi connectivity index (χ1n) is 8.93. The van der Waals surface area contributed by atoms with Crippen molar-refractivity contribution in [1.29, 1.82) is 5.26 Å². The van der Waals surface area contributed by atoms with Crippen molar-refractivity contribution in [3.63, 3.8) is 0 Å². The summed E-state index contributed by atoms with van der Waals surface area (Å²) < 4.78 is 0. The quantitative estimate of drug-likeness (QED) is 0.613. The number of para-hydroxylation sites is 1. The maximum Gasteiger partial charge on any atom is 0.136 e. The highest BCUT2D eigenvalue weighted by molar-refractivity contribution is 7.11. The molecule has 0 atom stereocenters. The number of fused-ring (bicyclic) bond motifs is 1. The van der Waals surface area contributed by atoms with Crippen LogP contribution in [-0.4, -0.2) is 23.1 Å². The number of hydrogen-bond acceptors (Lipinski definition) is 5. The number of nitrogens with zero attached hydrogens (tertiary/aromatic N) is 4. The standard InChI is InChI=1S/C21H20N4S/c1-15-14-26-21(23-15)18(13-22)12-17-11-16-7-3-4-8-19(16)24-20(17)25-9-5-2-6-10-25/h3-4,7-8,11-12,14H,2,5-6,9-10H2,1H3. The monoisotopic (exact) mass is 360 g/mol. The second kappa shape index (κ2) is 7.27. The average molecular weight is 360 g/mol. The summed E-state index contributed by atoms with van der Waals surface area (Å²) in [5.41, 5.74) is 3.53. The van der Waals surface area contributed by atoms with Gasteiger partial charge in [-0.25, -0.2) is 9.97 Å². The van der Waals surface area contributed by atoms with Crippen molar-refractivity contribution >= 4 is 39.7 Å². The fraction of sp³-hybridized carbons (Fsp3) is 0.286. The molecule has 4 rings (SSSR count). The Morgan fingerprint density at radius 3 is 2.73 bits per heavy atom. The molecule has 0 aliphatic carbocycles. The van der Waals surface area contributed by atoms with Crippen molar-refractivity contribution in [2.75, 3.05) is 18.0 Å². The predicted molar refractivity (Wildman–Crippen MR) is 108 cm³/mol. The topological polar surface area (TPSA) is 52.8 Å². The Bertz CT molecular complexity index is 1010. The summed E-state index contributed by atoms with van der Waals surface area (Å²) in [6.45, 7) is 3.99. The number of aromatic nitrogens is 2. The molecular weight excluding hydrogens is 340 g/mol. The molecule has 0 saturated carbocycles. The van der Waals surface area contributed by atoms with Crippen molar-refractivity contribution in [3.8, 4) is 6.07 Å². The maximum atomic E-state index is 9.68. The van der Waals surface area contributed by atoms with Gasteiger partial charge in [-0.2, -0.15) is 5.26 Å². The maximum absolute atomic E-state index is 9.68. The summed E-state index contributed by atoms with van der Waals surface area (Å²) in [5.74, 6) is 0.976. The number of benzene rings is 1. The highest BCUT2D eigenvalue weighted by Gasteiger charge is 2.17. The smallest absolute Gasteiger partial charge is 0.136 e. The van der Waals surface area contributed by atoms with E-state index in [0.29, 0.717) is 5.57 Å². The van der Waals surface area contributed by atoms with Gasteiger partial charge in [0, 0.05) is 35.1 Å². The average Bonchev–Trinajstić information content (AvgIpc) is 3.12. The van der Waals surface area contributed by atoms with Crippen LogP contribution in [0.5, 0.6) is 0 Å². The molecular formula is C21H20N4S. The van der Waals surface area contributed by atoms with Crippen molar-refractivity contribution in [3.05, 3.63) is 52.0 Å². The highest BCUT2D eigenvalue weighted by atomic mass is 32.1. The molecule has 3 aromatic rings. The number of hydrogen-bond donors (Lipinski definition) is 0. The van der Waals surface area contributed by atoms with Gasteiger partial charge in [0.1, 0.15) is 16.9 Å². The number of rotatable bonds is 3. The Kier molecular flexibility index (Phi) is 4.68. The molecule has 2 aromatic heterocycles. The van der Waals surface area contributed by atoms with Gasteiger partial charge < -0.3 is 4.90 Å². The van der Waals surface area contributed by atoms with Gasteiger partial charge in [-0.3, -0.25) is 0 Å². The number of pyridine rings is 1. The lowest BCUT2D eigenvalue weighted by Crippen LogP contribution is -2.30. The second-order valence-corrected chi connectivity index (χ2v) is 7.46. The number of piperidine rings is 1. The molecule has 0 spiro atoms. The van der Waals surface area contributed by atoms with E-state index < -0.39 is 0 Å². The van der Waals surface area contributed by atoms with Gasteiger partial charge in [-0.15, -0.1) is 11.3 Å². The Morgan fingerprint density at radius 2 is 2.00 bits per heavy atom. The summed E-state index contributed by atoms with van der Waals surface area (Å²) in [6, 6.07) is 12.6. The molecule has 3 heterocycles. The van der Waals surface area contributed by atoms with Crippen LogP contribution in [0.1, 0.15) is 35.5 Å². The van der Waals surface area contributed by atoms with Crippen LogP contribution in [0.15, 0.2) is 35.7 Å². The van der Waals surface area contributed by atoms with E-state index in [4.69, 9.17) is 4.98 Å². The van der Waals surface area contributed by atoms with Crippen LogP contribution in [-0.2, 0) is 0 Å². The summed E-state index contributed by atoms with van der Waals surface area (Å²) in [5, 5.41) is 13.5. The minimum Gasteiger partial charge on any atom is -0.356 e. The van der Waals surface area contributed by atoms with Gasteiger partial charge in [0.25, 0.3) is 0 Å². The van der Waals surface area contributed by atoms with Crippen LogP contribution in [0.2, 0.25) is 0 Å². The fourth-order valence-electron chi connectivity index (χ4n) is 3.36. The molecule has 26 heavy (non-hydrogen) atoms. The third-order valence-electron chi connectivity index (χ3n) is 4.66. The van der Waals surface area contributed by atoms with E-state index in [1.807, 2.05) is 36.6 Å². The van der Waals surface area contributed by atoms with Crippen molar-refractivity contribution < 1.29 is 0 Å². The SMILES string of the molecule is Cc1csc(C(C#N)=Cc2cc3ccccc3nc2N2CCCCC2)n1. The molecule has 1 aromatic carbocycles. The van der Waals surface area contributed by atoms with Crippen LogP contribution in [0.25, 0.3) is 22.6 Å². The number of allylic oxidation sites excluding steroid dienone is 1. The molecule has 1 fully saturated rings. The molecule has 4 nitrogen and oxygen atoms in total. The Balaban J connectivity index is 1.86. The molecule has 0 radical (unpaired) electrons. The van der Waals surface area contributed by atoms with Gasteiger partial charge >= 0.3 is 0 Å². The number of nitriles is 1. The van der Waals surface area contributed by atoms with Gasteiger partial charge in [-0.05, 0) is 44.4 Å². The molecule has 0 unspecified atom stereocenters. The van der Waals surface area contributed by atoms with E-state index in [1.165, 1.54) is 30.6 Å². The predicted octanol–water partition coefficient (Wildman–Crippen LogP) is 5.05. The molecule has 0 N–H and O–H groups in total. The lowest BCUT2D eigenvalue weighted by Gasteiger charge is -2.29. The molecule has 0 bridgehead atoms. The first kappa shape index (κ1) is 16.7. The fourth-order valence-corrected chi connectivity index (χ4v) is 4.13. The van der Waals surface area contributed by atoms with E-state index in [0.717, 1.165) is 46.1 Å². The first-order chi connectivity index (χ1) is 12.7. The van der Waals surface area contributed by atoms with Gasteiger partial charge in [0.2, 0.25) is 0 Å². The summed E-state index contributed by atoms with van der Waals surface area (Å²) in [7, 11) is 0.